The highest BCUT2D eigenvalue weighted by Gasteiger charge is 2.21. The first-order chi connectivity index (χ1) is 12.5. The van der Waals surface area contributed by atoms with Gasteiger partial charge >= 0.3 is 5.97 Å². The number of hydrogen-bond acceptors (Lipinski definition) is 4. The number of rotatable bonds is 5. The SMILES string of the molecule is CCOC(=O)c1[nH]c2ccc(OC)cc2c1NC(=O)c1ccc(F)cc1. The fourth-order valence-corrected chi connectivity index (χ4v) is 2.57. The van der Waals surface area contributed by atoms with Gasteiger partial charge in [-0.15, -0.1) is 0 Å². The summed E-state index contributed by atoms with van der Waals surface area (Å²) in [7, 11) is 1.52. The van der Waals surface area contributed by atoms with Gasteiger partial charge < -0.3 is 19.8 Å². The number of aromatic amines is 1. The second-order valence-corrected chi connectivity index (χ2v) is 5.47. The van der Waals surface area contributed by atoms with Crippen LogP contribution in [-0.2, 0) is 4.74 Å². The molecule has 6 nitrogen and oxygen atoms in total. The summed E-state index contributed by atoms with van der Waals surface area (Å²) in [6.45, 7) is 1.89. The Hall–Kier alpha value is -3.35. The number of fused-ring (bicyclic) bond motifs is 1. The minimum absolute atomic E-state index is 0.130. The highest BCUT2D eigenvalue weighted by atomic mass is 19.1. The highest BCUT2D eigenvalue weighted by molar-refractivity contribution is 6.14. The van der Waals surface area contributed by atoms with Crippen LogP contribution >= 0.6 is 0 Å². The number of benzene rings is 2. The van der Waals surface area contributed by atoms with Gasteiger partial charge in [0.2, 0.25) is 0 Å². The van der Waals surface area contributed by atoms with Crippen LogP contribution in [0.3, 0.4) is 0 Å². The van der Waals surface area contributed by atoms with Gasteiger partial charge in [-0.1, -0.05) is 0 Å². The fraction of sp³-hybridized carbons (Fsp3) is 0.158. The Bertz CT molecular complexity index is 964. The molecule has 0 saturated heterocycles. The Labute approximate surface area is 148 Å². The number of esters is 1. The Kier molecular flexibility index (Phi) is 4.88. The molecule has 7 heteroatoms. The van der Waals surface area contributed by atoms with Gasteiger partial charge in [0.1, 0.15) is 17.3 Å². The van der Waals surface area contributed by atoms with Crippen LogP contribution in [0, 0.1) is 5.82 Å². The molecule has 0 fully saturated rings. The lowest BCUT2D eigenvalue weighted by Gasteiger charge is -2.08. The molecular formula is C19H17FN2O4. The summed E-state index contributed by atoms with van der Waals surface area (Å²) in [4.78, 5) is 27.8. The molecule has 0 bridgehead atoms. The minimum Gasteiger partial charge on any atom is -0.497 e. The van der Waals surface area contributed by atoms with E-state index in [1.54, 1.807) is 25.1 Å². The zero-order valence-corrected chi connectivity index (χ0v) is 14.3. The van der Waals surface area contributed by atoms with Crippen molar-refractivity contribution < 1.29 is 23.5 Å². The Morgan fingerprint density at radius 1 is 1.15 bits per heavy atom. The summed E-state index contributed by atoms with van der Waals surface area (Å²) in [5.74, 6) is -0.925. The van der Waals surface area contributed by atoms with Crippen molar-refractivity contribution in [2.45, 2.75) is 6.92 Å². The van der Waals surface area contributed by atoms with Crippen molar-refractivity contribution in [3.63, 3.8) is 0 Å². The Balaban J connectivity index is 2.05. The van der Waals surface area contributed by atoms with Crippen LogP contribution in [-0.4, -0.2) is 30.6 Å². The van der Waals surface area contributed by atoms with Gasteiger partial charge in [0.25, 0.3) is 5.91 Å². The summed E-state index contributed by atoms with van der Waals surface area (Å²) in [6, 6.07) is 10.3. The number of methoxy groups -OCH3 is 1. The molecular weight excluding hydrogens is 339 g/mol. The van der Waals surface area contributed by atoms with Crippen molar-refractivity contribution in [2.75, 3.05) is 19.0 Å². The van der Waals surface area contributed by atoms with E-state index in [-0.39, 0.29) is 23.6 Å². The topological polar surface area (TPSA) is 80.4 Å². The minimum atomic E-state index is -0.586. The van der Waals surface area contributed by atoms with E-state index in [9.17, 15) is 14.0 Å². The van der Waals surface area contributed by atoms with Crippen molar-refractivity contribution in [3.8, 4) is 5.75 Å². The summed E-state index contributed by atoms with van der Waals surface area (Å²) < 4.78 is 23.3. The van der Waals surface area contributed by atoms with Gasteiger partial charge in [-0.3, -0.25) is 4.79 Å². The number of aromatic nitrogens is 1. The summed E-state index contributed by atoms with van der Waals surface area (Å²) in [5, 5.41) is 3.31. The number of halogens is 1. The summed E-state index contributed by atoms with van der Waals surface area (Å²) >= 11 is 0. The predicted octanol–water partition coefficient (Wildman–Crippen LogP) is 3.74. The number of hydrogen-bond donors (Lipinski definition) is 2. The van der Waals surface area contributed by atoms with Crippen molar-refractivity contribution in [3.05, 3.63) is 59.5 Å². The average molecular weight is 356 g/mol. The standard InChI is InChI=1S/C19H17FN2O4/c1-3-26-19(24)17-16(14-10-13(25-2)8-9-15(14)21-17)22-18(23)11-4-6-12(20)7-5-11/h4-10,21H,3H2,1-2H3,(H,22,23). The van der Waals surface area contributed by atoms with Gasteiger partial charge in [0, 0.05) is 16.5 Å². The van der Waals surface area contributed by atoms with Gasteiger partial charge in [-0.05, 0) is 49.4 Å². The summed E-state index contributed by atoms with van der Waals surface area (Å²) in [6.07, 6.45) is 0. The molecule has 1 aromatic heterocycles. The van der Waals surface area contributed by atoms with Crippen molar-refractivity contribution >= 4 is 28.5 Å². The number of nitrogens with one attached hydrogen (secondary N) is 2. The molecule has 2 N–H and O–H groups in total. The average Bonchev–Trinajstić information content (AvgIpc) is 3.00. The normalized spacial score (nSPS) is 10.6. The molecule has 3 aromatic rings. The van der Waals surface area contributed by atoms with Crippen LogP contribution in [0.1, 0.15) is 27.8 Å². The predicted molar refractivity (Wildman–Crippen MR) is 95.2 cm³/mol. The Morgan fingerprint density at radius 3 is 2.54 bits per heavy atom. The molecule has 0 aliphatic carbocycles. The first-order valence-corrected chi connectivity index (χ1v) is 7.97. The third kappa shape index (κ3) is 3.37. The number of H-pyrrole nitrogens is 1. The maximum absolute atomic E-state index is 13.1. The van der Waals surface area contributed by atoms with Crippen LogP contribution in [0.4, 0.5) is 10.1 Å². The zero-order chi connectivity index (χ0) is 18.7. The molecule has 0 saturated carbocycles. The first-order valence-electron chi connectivity index (χ1n) is 7.97. The van der Waals surface area contributed by atoms with Gasteiger partial charge in [-0.2, -0.15) is 0 Å². The number of amides is 1. The van der Waals surface area contributed by atoms with E-state index in [0.29, 0.717) is 16.7 Å². The lowest BCUT2D eigenvalue weighted by Crippen LogP contribution is -2.15. The van der Waals surface area contributed by atoms with Crippen molar-refractivity contribution in [1.29, 1.82) is 0 Å². The van der Waals surface area contributed by atoms with Crippen LogP contribution < -0.4 is 10.1 Å². The molecule has 26 heavy (non-hydrogen) atoms. The third-order valence-corrected chi connectivity index (χ3v) is 3.83. The van der Waals surface area contributed by atoms with Crippen LogP contribution in [0.25, 0.3) is 10.9 Å². The zero-order valence-electron chi connectivity index (χ0n) is 14.3. The molecule has 134 valence electrons. The Morgan fingerprint density at radius 2 is 1.88 bits per heavy atom. The summed E-state index contributed by atoms with van der Waals surface area (Å²) in [5.41, 5.74) is 1.32. The third-order valence-electron chi connectivity index (χ3n) is 3.83. The lowest BCUT2D eigenvalue weighted by molar-refractivity contribution is 0.0522. The smallest absolute Gasteiger partial charge is 0.356 e. The monoisotopic (exact) mass is 356 g/mol. The number of ether oxygens (including phenoxy) is 2. The van der Waals surface area contributed by atoms with Crippen LogP contribution in [0.2, 0.25) is 0 Å². The molecule has 1 amide bonds. The molecule has 0 radical (unpaired) electrons. The van der Waals surface area contributed by atoms with E-state index >= 15 is 0 Å². The van der Waals surface area contributed by atoms with Gasteiger partial charge in [0.05, 0.1) is 19.4 Å². The molecule has 3 rings (SSSR count). The molecule has 1 heterocycles. The maximum atomic E-state index is 13.1. The van der Waals surface area contributed by atoms with E-state index in [2.05, 4.69) is 10.3 Å². The van der Waals surface area contributed by atoms with E-state index in [1.165, 1.54) is 31.4 Å². The molecule has 2 aromatic carbocycles. The van der Waals surface area contributed by atoms with E-state index in [0.717, 1.165) is 0 Å². The second kappa shape index (κ2) is 7.26. The molecule has 0 aliphatic rings. The van der Waals surface area contributed by atoms with E-state index in [4.69, 9.17) is 9.47 Å². The molecule has 0 unspecified atom stereocenters. The van der Waals surface area contributed by atoms with E-state index in [1.807, 2.05) is 0 Å². The fourth-order valence-electron chi connectivity index (χ4n) is 2.57. The van der Waals surface area contributed by atoms with Crippen LogP contribution in [0.15, 0.2) is 42.5 Å². The number of carbonyl (C=O) groups is 2. The molecule has 0 aliphatic heterocycles. The molecule has 0 atom stereocenters. The van der Waals surface area contributed by atoms with E-state index < -0.39 is 17.7 Å². The van der Waals surface area contributed by atoms with Crippen LogP contribution in [0.5, 0.6) is 5.75 Å². The largest absolute Gasteiger partial charge is 0.497 e. The number of anilines is 1. The lowest BCUT2D eigenvalue weighted by atomic mass is 10.1. The van der Waals surface area contributed by atoms with Gasteiger partial charge in [0.15, 0.2) is 0 Å². The maximum Gasteiger partial charge on any atom is 0.356 e. The molecule has 0 spiro atoms. The van der Waals surface area contributed by atoms with Crippen molar-refractivity contribution in [2.24, 2.45) is 0 Å². The van der Waals surface area contributed by atoms with Gasteiger partial charge in [-0.25, -0.2) is 9.18 Å². The van der Waals surface area contributed by atoms with Crippen molar-refractivity contribution in [1.82, 2.24) is 4.98 Å². The number of carbonyl (C=O) groups excluding carboxylic acids is 2. The highest BCUT2D eigenvalue weighted by Crippen LogP contribution is 2.31. The first kappa shape index (κ1) is 17.5. The second-order valence-electron chi connectivity index (χ2n) is 5.47. The quantitative estimate of drug-likeness (QED) is 0.683.